The summed E-state index contributed by atoms with van der Waals surface area (Å²) in [6, 6.07) is 20.4. The maximum absolute atomic E-state index is 13.8. The number of nitrogens with one attached hydrogen (secondary N) is 1. The highest BCUT2D eigenvalue weighted by atomic mass is 19.1. The number of anilines is 2. The average molecular weight is 376 g/mol. The van der Waals surface area contributed by atoms with E-state index in [4.69, 9.17) is 4.74 Å². The summed E-state index contributed by atoms with van der Waals surface area (Å²) in [5.74, 6) is 1.33. The first-order valence-corrected chi connectivity index (χ1v) is 8.31. The normalized spacial score (nSPS) is 10.6. The molecule has 138 valence electrons. The molecule has 4 aromatic rings. The van der Waals surface area contributed by atoms with Crippen LogP contribution in [0.1, 0.15) is 0 Å². The summed E-state index contributed by atoms with van der Waals surface area (Å²) in [6.07, 6.45) is -0.973. The summed E-state index contributed by atoms with van der Waals surface area (Å²) in [7, 11) is 0. The molecule has 0 aliphatic carbocycles. The number of benzene rings is 3. The molecule has 0 fully saturated rings. The number of hydrogen-bond donors (Lipinski definition) is 1. The van der Waals surface area contributed by atoms with E-state index in [-0.39, 0.29) is 22.4 Å². The molecule has 1 heterocycles. The number of halogens is 1. The van der Waals surface area contributed by atoms with Gasteiger partial charge >= 0.3 is 6.08 Å². The first kappa shape index (κ1) is 17.3. The monoisotopic (exact) mass is 376 g/mol. The van der Waals surface area contributed by atoms with Gasteiger partial charge < -0.3 is 10.1 Å². The Morgan fingerprint density at radius 2 is 1.61 bits per heavy atom. The molecule has 0 saturated heterocycles. The Hall–Kier alpha value is -4.07. The first-order chi connectivity index (χ1) is 13.6. The number of ether oxygens (including phenoxy) is 1. The molecule has 3 aromatic carbocycles. The Bertz CT molecular complexity index is 1150. The fourth-order valence-corrected chi connectivity index (χ4v) is 2.75. The molecule has 1 aromatic heterocycles. The largest absolute Gasteiger partial charge is 0.457 e. The van der Waals surface area contributed by atoms with Gasteiger partial charge in [0.1, 0.15) is 16.9 Å². The summed E-state index contributed by atoms with van der Waals surface area (Å²) in [5, 5.41) is 14.4. The Kier molecular flexibility index (Phi) is 4.51. The standard InChI is InChI=1S/C20H13FN4O3/c21-20-23-16-7-4-8-17(25(26)27)18(16)19(24-20)22-13-9-11-15(12-10-13)28-14-5-2-1-3-6-14/h1-12H,(H,22,23,24). The smallest absolute Gasteiger partial charge is 0.311 e. The fourth-order valence-electron chi connectivity index (χ4n) is 2.75. The number of aromatic nitrogens is 2. The molecule has 0 bridgehead atoms. The van der Waals surface area contributed by atoms with E-state index >= 15 is 0 Å². The van der Waals surface area contributed by atoms with Crippen molar-refractivity contribution in [2.24, 2.45) is 0 Å². The van der Waals surface area contributed by atoms with E-state index < -0.39 is 11.0 Å². The lowest BCUT2D eigenvalue weighted by Crippen LogP contribution is -2.02. The van der Waals surface area contributed by atoms with Crippen LogP contribution in [0.5, 0.6) is 11.5 Å². The maximum atomic E-state index is 13.8. The minimum Gasteiger partial charge on any atom is -0.457 e. The van der Waals surface area contributed by atoms with E-state index in [2.05, 4.69) is 15.3 Å². The van der Waals surface area contributed by atoms with Crippen molar-refractivity contribution in [1.29, 1.82) is 0 Å². The van der Waals surface area contributed by atoms with Gasteiger partial charge in [0.15, 0.2) is 5.82 Å². The second-order valence-electron chi connectivity index (χ2n) is 5.83. The Balaban J connectivity index is 1.65. The van der Waals surface area contributed by atoms with E-state index in [0.717, 1.165) is 0 Å². The van der Waals surface area contributed by atoms with Crippen LogP contribution in [0.3, 0.4) is 0 Å². The summed E-state index contributed by atoms with van der Waals surface area (Å²) >= 11 is 0. The van der Waals surface area contributed by atoms with Gasteiger partial charge in [0.2, 0.25) is 0 Å². The lowest BCUT2D eigenvalue weighted by Gasteiger charge is -2.10. The Labute approximate surface area is 158 Å². The number of non-ortho nitro benzene ring substituents is 1. The third kappa shape index (κ3) is 3.56. The predicted molar refractivity (Wildman–Crippen MR) is 102 cm³/mol. The Morgan fingerprint density at radius 3 is 2.32 bits per heavy atom. The summed E-state index contributed by atoms with van der Waals surface area (Å²) in [4.78, 5) is 18.1. The molecule has 0 aliphatic heterocycles. The molecule has 1 N–H and O–H groups in total. The molecule has 7 nitrogen and oxygen atoms in total. The van der Waals surface area contributed by atoms with Gasteiger partial charge in [0.05, 0.1) is 10.4 Å². The summed E-state index contributed by atoms with van der Waals surface area (Å²) in [6.45, 7) is 0. The molecule has 0 unspecified atom stereocenters. The molecule has 0 amide bonds. The number of para-hydroxylation sites is 1. The van der Waals surface area contributed by atoms with Gasteiger partial charge in [-0.3, -0.25) is 10.1 Å². The van der Waals surface area contributed by atoms with E-state index in [9.17, 15) is 14.5 Å². The second-order valence-corrected chi connectivity index (χ2v) is 5.83. The van der Waals surface area contributed by atoms with Crippen molar-refractivity contribution < 1.29 is 14.1 Å². The van der Waals surface area contributed by atoms with E-state index in [1.165, 1.54) is 18.2 Å². The van der Waals surface area contributed by atoms with Crippen LogP contribution < -0.4 is 10.1 Å². The summed E-state index contributed by atoms with van der Waals surface area (Å²) in [5.41, 5.74) is 0.509. The van der Waals surface area contributed by atoms with Crippen LogP contribution in [0.15, 0.2) is 72.8 Å². The SMILES string of the molecule is O=[N+]([O-])c1cccc2nc(F)nc(Nc3ccc(Oc4ccccc4)cc3)c12. The van der Waals surface area contributed by atoms with Gasteiger partial charge in [0.25, 0.3) is 5.69 Å². The summed E-state index contributed by atoms with van der Waals surface area (Å²) < 4.78 is 19.5. The third-order valence-corrected chi connectivity index (χ3v) is 3.97. The number of fused-ring (bicyclic) bond motifs is 1. The van der Waals surface area contributed by atoms with Crippen LogP contribution in [-0.2, 0) is 0 Å². The fraction of sp³-hybridized carbons (Fsp3) is 0. The van der Waals surface area contributed by atoms with E-state index in [1.54, 1.807) is 24.3 Å². The molecule has 0 radical (unpaired) electrons. The molecular weight excluding hydrogens is 363 g/mol. The van der Waals surface area contributed by atoms with Gasteiger partial charge in [0, 0.05) is 11.8 Å². The van der Waals surface area contributed by atoms with Crippen LogP contribution in [-0.4, -0.2) is 14.9 Å². The van der Waals surface area contributed by atoms with Gasteiger partial charge in [-0.2, -0.15) is 9.37 Å². The third-order valence-electron chi connectivity index (χ3n) is 3.97. The molecule has 28 heavy (non-hydrogen) atoms. The van der Waals surface area contributed by atoms with E-state index in [0.29, 0.717) is 17.2 Å². The second kappa shape index (κ2) is 7.28. The van der Waals surface area contributed by atoms with Crippen molar-refractivity contribution in [3.63, 3.8) is 0 Å². The van der Waals surface area contributed by atoms with Gasteiger partial charge in [-0.15, -0.1) is 0 Å². The zero-order valence-corrected chi connectivity index (χ0v) is 14.4. The zero-order chi connectivity index (χ0) is 19.5. The highest BCUT2D eigenvalue weighted by Gasteiger charge is 2.19. The van der Waals surface area contributed by atoms with Crippen molar-refractivity contribution in [1.82, 2.24) is 9.97 Å². The van der Waals surface area contributed by atoms with Crippen molar-refractivity contribution in [2.45, 2.75) is 0 Å². The van der Waals surface area contributed by atoms with Crippen LogP contribution in [0.2, 0.25) is 0 Å². The van der Waals surface area contributed by atoms with Crippen molar-refractivity contribution >= 4 is 28.1 Å². The highest BCUT2D eigenvalue weighted by molar-refractivity contribution is 5.97. The number of nitro groups is 1. The minimum absolute atomic E-state index is 0.0199. The molecule has 0 atom stereocenters. The van der Waals surface area contributed by atoms with Crippen LogP contribution in [0.4, 0.5) is 21.6 Å². The number of nitrogens with zero attached hydrogens (tertiary/aromatic N) is 3. The van der Waals surface area contributed by atoms with Crippen molar-refractivity contribution in [3.8, 4) is 11.5 Å². The first-order valence-electron chi connectivity index (χ1n) is 8.31. The topological polar surface area (TPSA) is 90.2 Å². The number of hydrogen-bond acceptors (Lipinski definition) is 6. The van der Waals surface area contributed by atoms with Crippen LogP contribution in [0.25, 0.3) is 10.9 Å². The number of nitro benzene ring substituents is 1. The molecule has 4 rings (SSSR count). The van der Waals surface area contributed by atoms with Crippen LogP contribution in [0, 0.1) is 16.2 Å². The Morgan fingerprint density at radius 1 is 0.893 bits per heavy atom. The lowest BCUT2D eigenvalue weighted by molar-refractivity contribution is -0.383. The van der Waals surface area contributed by atoms with Crippen molar-refractivity contribution in [3.05, 3.63) is 89.0 Å². The number of rotatable bonds is 5. The van der Waals surface area contributed by atoms with Crippen LogP contribution >= 0.6 is 0 Å². The minimum atomic E-state index is -0.973. The molecule has 0 aliphatic rings. The maximum Gasteiger partial charge on any atom is 0.311 e. The molecule has 8 heteroatoms. The zero-order valence-electron chi connectivity index (χ0n) is 14.4. The quantitative estimate of drug-likeness (QED) is 0.292. The lowest BCUT2D eigenvalue weighted by atomic mass is 10.2. The van der Waals surface area contributed by atoms with Gasteiger partial charge in [-0.1, -0.05) is 24.3 Å². The molecule has 0 saturated carbocycles. The van der Waals surface area contributed by atoms with Gasteiger partial charge in [-0.05, 0) is 42.5 Å². The molecular formula is C20H13FN4O3. The van der Waals surface area contributed by atoms with E-state index in [1.807, 2.05) is 30.3 Å². The molecule has 0 spiro atoms. The van der Waals surface area contributed by atoms with Gasteiger partial charge in [-0.25, -0.2) is 4.98 Å². The highest BCUT2D eigenvalue weighted by Crippen LogP contribution is 2.32. The van der Waals surface area contributed by atoms with Crippen molar-refractivity contribution in [2.75, 3.05) is 5.32 Å². The predicted octanol–water partition coefficient (Wildman–Crippen LogP) is 5.21. The average Bonchev–Trinajstić information content (AvgIpc) is 2.69.